The largest absolute Gasteiger partial charge is 0.493 e. The molecular formula is C19H34N2O2. The first kappa shape index (κ1) is 19.9. The molecule has 0 radical (unpaired) electrons. The van der Waals surface area contributed by atoms with E-state index >= 15 is 0 Å². The lowest BCUT2D eigenvalue weighted by Crippen LogP contribution is -2.48. The molecule has 0 fully saturated rings. The number of hydrogen-bond acceptors (Lipinski definition) is 4. The fourth-order valence-electron chi connectivity index (χ4n) is 2.62. The normalized spacial score (nSPS) is 15.4. The third-order valence-electron chi connectivity index (χ3n) is 4.12. The van der Waals surface area contributed by atoms with Gasteiger partial charge in [0.15, 0.2) is 0 Å². The zero-order chi connectivity index (χ0) is 17.3. The van der Waals surface area contributed by atoms with Crippen molar-refractivity contribution >= 4 is 0 Å². The first-order valence-corrected chi connectivity index (χ1v) is 8.90. The van der Waals surface area contributed by atoms with Crippen LogP contribution in [-0.4, -0.2) is 28.3 Å². The molecule has 0 aromatic carbocycles. The topological polar surface area (TPSA) is 68.4 Å². The van der Waals surface area contributed by atoms with Crippen molar-refractivity contribution in [1.29, 1.82) is 0 Å². The van der Waals surface area contributed by atoms with Crippen LogP contribution in [0.5, 0.6) is 5.75 Å². The summed E-state index contributed by atoms with van der Waals surface area (Å²) in [6.07, 6.45) is 7.72. The van der Waals surface area contributed by atoms with Gasteiger partial charge in [0.25, 0.3) is 0 Å². The Bertz CT molecular complexity index is 447. The van der Waals surface area contributed by atoms with Gasteiger partial charge in [-0.25, -0.2) is 0 Å². The summed E-state index contributed by atoms with van der Waals surface area (Å²) < 4.78 is 5.78. The number of aromatic nitrogens is 1. The molecule has 4 nitrogen and oxygen atoms in total. The predicted octanol–water partition coefficient (Wildman–Crippen LogP) is 3.71. The number of aliphatic hydroxyl groups is 1. The molecule has 0 bridgehead atoms. The summed E-state index contributed by atoms with van der Waals surface area (Å²) >= 11 is 0. The molecule has 3 N–H and O–H groups in total. The van der Waals surface area contributed by atoms with Crippen LogP contribution in [0.4, 0.5) is 0 Å². The zero-order valence-electron chi connectivity index (χ0n) is 15.2. The van der Waals surface area contributed by atoms with E-state index in [1.807, 2.05) is 12.1 Å². The predicted molar refractivity (Wildman–Crippen MR) is 95.6 cm³/mol. The van der Waals surface area contributed by atoms with Gasteiger partial charge in [0.05, 0.1) is 12.2 Å². The van der Waals surface area contributed by atoms with Gasteiger partial charge < -0.3 is 15.6 Å². The first-order valence-electron chi connectivity index (χ1n) is 8.90. The van der Waals surface area contributed by atoms with Crippen LogP contribution in [0.1, 0.15) is 65.5 Å². The number of hydrogen-bond donors (Lipinski definition) is 2. The third kappa shape index (κ3) is 7.80. The zero-order valence-corrected chi connectivity index (χ0v) is 15.2. The van der Waals surface area contributed by atoms with Gasteiger partial charge in [0, 0.05) is 30.4 Å². The van der Waals surface area contributed by atoms with Crippen molar-refractivity contribution in [1.82, 2.24) is 4.98 Å². The Kier molecular flexibility index (Phi) is 8.56. The summed E-state index contributed by atoms with van der Waals surface area (Å²) in [5.41, 5.74) is 6.01. The molecule has 1 aromatic rings. The summed E-state index contributed by atoms with van der Waals surface area (Å²) in [5.74, 6) is 1.28. The van der Waals surface area contributed by atoms with Crippen LogP contribution in [-0.2, 0) is 6.42 Å². The molecule has 0 amide bonds. The van der Waals surface area contributed by atoms with E-state index in [9.17, 15) is 5.11 Å². The van der Waals surface area contributed by atoms with E-state index in [1.54, 1.807) is 13.1 Å². The van der Waals surface area contributed by atoms with Crippen LogP contribution >= 0.6 is 0 Å². The summed E-state index contributed by atoms with van der Waals surface area (Å²) in [5, 5.41) is 10.6. The van der Waals surface area contributed by atoms with Crippen LogP contribution in [0.3, 0.4) is 0 Å². The Hall–Kier alpha value is -1.13. The minimum Gasteiger partial charge on any atom is -0.493 e. The van der Waals surface area contributed by atoms with E-state index in [2.05, 4.69) is 25.8 Å². The second-order valence-corrected chi connectivity index (χ2v) is 7.16. The van der Waals surface area contributed by atoms with Crippen molar-refractivity contribution in [2.24, 2.45) is 11.7 Å². The van der Waals surface area contributed by atoms with E-state index < -0.39 is 5.60 Å². The van der Waals surface area contributed by atoms with Gasteiger partial charge in [0.1, 0.15) is 5.75 Å². The summed E-state index contributed by atoms with van der Waals surface area (Å²) in [6.45, 7) is 8.95. The molecule has 0 aliphatic carbocycles. The van der Waals surface area contributed by atoms with Gasteiger partial charge in [-0.3, -0.25) is 4.98 Å². The van der Waals surface area contributed by atoms with E-state index in [0.717, 1.165) is 30.9 Å². The van der Waals surface area contributed by atoms with Gasteiger partial charge in [-0.1, -0.05) is 40.0 Å². The van der Waals surface area contributed by atoms with Crippen molar-refractivity contribution in [2.45, 2.75) is 77.9 Å². The monoisotopic (exact) mass is 322 g/mol. The lowest BCUT2D eigenvalue weighted by atomic mass is 9.86. The van der Waals surface area contributed by atoms with E-state index in [1.165, 1.54) is 19.3 Å². The molecule has 0 aliphatic heterocycles. The summed E-state index contributed by atoms with van der Waals surface area (Å²) in [4.78, 5) is 4.35. The lowest BCUT2D eigenvalue weighted by Gasteiger charge is -2.31. The molecule has 0 spiro atoms. The molecule has 2 atom stereocenters. The Morgan fingerprint density at radius 1 is 1.30 bits per heavy atom. The van der Waals surface area contributed by atoms with Gasteiger partial charge >= 0.3 is 0 Å². The van der Waals surface area contributed by atoms with Crippen molar-refractivity contribution < 1.29 is 9.84 Å². The molecule has 1 unspecified atom stereocenters. The molecule has 0 saturated carbocycles. The number of ether oxygens (including phenoxy) is 1. The summed E-state index contributed by atoms with van der Waals surface area (Å²) in [7, 11) is 0. The molecule has 1 rings (SSSR count). The van der Waals surface area contributed by atoms with E-state index in [4.69, 9.17) is 10.5 Å². The lowest BCUT2D eigenvalue weighted by molar-refractivity contribution is 0.0254. The standard InChI is InChI=1S/C19H34N2O2/c1-5-6-7-8-11-23-17-9-10-21-16(13-17)14-19(4,22)18(20)12-15(2)3/h9-10,13,15,18,22H,5-8,11-12,14,20H2,1-4H3/t18-,19?/m0/s1. The highest BCUT2D eigenvalue weighted by atomic mass is 16.5. The molecule has 23 heavy (non-hydrogen) atoms. The second-order valence-electron chi connectivity index (χ2n) is 7.16. The van der Waals surface area contributed by atoms with Crippen LogP contribution in [0, 0.1) is 5.92 Å². The molecule has 1 heterocycles. The second kappa shape index (κ2) is 9.89. The maximum Gasteiger partial charge on any atom is 0.122 e. The van der Waals surface area contributed by atoms with E-state index in [0.29, 0.717) is 12.3 Å². The van der Waals surface area contributed by atoms with Gasteiger partial charge in [-0.2, -0.15) is 0 Å². The van der Waals surface area contributed by atoms with Crippen LogP contribution < -0.4 is 10.5 Å². The maximum absolute atomic E-state index is 10.6. The van der Waals surface area contributed by atoms with Crippen LogP contribution in [0.2, 0.25) is 0 Å². The highest BCUT2D eigenvalue weighted by Gasteiger charge is 2.30. The Balaban J connectivity index is 2.55. The molecular weight excluding hydrogens is 288 g/mol. The average molecular weight is 322 g/mol. The highest BCUT2D eigenvalue weighted by molar-refractivity contribution is 5.23. The van der Waals surface area contributed by atoms with Crippen molar-refractivity contribution in [3.63, 3.8) is 0 Å². The van der Waals surface area contributed by atoms with Crippen molar-refractivity contribution in [2.75, 3.05) is 6.61 Å². The molecule has 4 heteroatoms. The summed E-state index contributed by atoms with van der Waals surface area (Å²) in [6, 6.07) is 3.52. The SMILES string of the molecule is CCCCCCOc1ccnc(CC(C)(O)[C@@H](N)CC(C)C)c1. The highest BCUT2D eigenvalue weighted by Crippen LogP contribution is 2.22. The maximum atomic E-state index is 10.6. The number of pyridine rings is 1. The Morgan fingerprint density at radius 3 is 2.70 bits per heavy atom. The quantitative estimate of drug-likeness (QED) is 0.609. The smallest absolute Gasteiger partial charge is 0.122 e. The van der Waals surface area contributed by atoms with Crippen molar-refractivity contribution in [3.8, 4) is 5.75 Å². The van der Waals surface area contributed by atoms with E-state index in [-0.39, 0.29) is 6.04 Å². The van der Waals surface area contributed by atoms with Crippen LogP contribution in [0.15, 0.2) is 18.3 Å². The van der Waals surface area contributed by atoms with Gasteiger partial charge in [0.2, 0.25) is 0 Å². The number of unbranched alkanes of at least 4 members (excludes halogenated alkanes) is 3. The van der Waals surface area contributed by atoms with Crippen LogP contribution in [0.25, 0.3) is 0 Å². The first-order chi connectivity index (χ1) is 10.8. The van der Waals surface area contributed by atoms with Gasteiger partial charge in [-0.05, 0) is 31.7 Å². The fraction of sp³-hybridized carbons (Fsp3) is 0.737. The van der Waals surface area contributed by atoms with Gasteiger partial charge in [-0.15, -0.1) is 0 Å². The average Bonchev–Trinajstić information content (AvgIpc) is 2.46. The minimum absolute atomic E-state index is 0.261. The molecule has 1 aromatic heterocycles. The fourth-order valence-corrected chi connectivity index (χ4v) is 2.62. The molecule has 132 valence electrons. The Morgan fingerprint density at radius 2 is 2.04 bits per heavy atom. The number of nitrogens with two attached hydrogens (primary N) is 1. The molecule has 0 saturated heterocycles. The third-order valence-corrected chi connectivity index (χ3v) is 4.12. The van der Waals surface area contributed by atoms with Crippen molar-refractivity contribution in [3.05, 3.63) is 24.0 Å². The molecule has 0 aliphatic rings. The Labute approximate surface area is 141 Å². The number of nitrogens with zero attached hydrogens (tertiary/aromatic N) is 1. The number of rotatable bonds is 11. The minimum atomic E-state index is -0.961.